The number of aromatic amines is 1. The second-order valence-electron chi connectivity index (χ2n) is 3.73. The van der Waals surface area contributed by atoms with Crippen molar-refractivity contribution in [2.75, 3.05) is 5.73 Å². The van der Waals surface area contributed by atoms with Gasteiger partial charge in [0.05, 0.1) is 11.2 Å². The van der Waals surface area contributed by atoms with Gasteiger partial charge in [-0.2, -0.15) is 0 Å². The minimum atomic E-state index is -1.00. The SMILES string of the molecule is Nc1cccc2c(C[C@H](N)C(=O)O)c[nH]c12. The number of nitrogens with one attached hydrogen (secondary N) is 1. The topological polar surface area (TPSA) is 105 Å². The average Bonchev–Trinajstić information content (AvgIpc) is 2.63. The maximum atomic E-state index is 10.7. The van der Waals surface area contributed by atoms with Gasteiger partial charge >= 0.3 is 5.97 Å². The van der Waals surface area contributed by atoms with Gasteiger partial charge in [-0.1, -0.05) is 12.1 Å². The molecule has 0 aliphatic carbocycles. The lowest BCUT2D eigenvalue weighted by atomic mass is 10.1. The third-order valence-corrected chi connectivity index (χ3v) is 2.59. The van der Waals surface area contributed by atoms with E-state index in [1.54, 1.807) is 12.3 Å². The summed E-state index contributed by atoms with van der Waals surface area (Å²) in [7, 11) is 0. The van der Waals surface area contributed by atoms with Crippen LogP contribution in [0.2, 0.25) is 0 Å². The number of H-pyrrole nitrogens is 1. The number of carboxylic acids is 1. The van der Waals surface area contributed by atoms with Crippen molar-refractivity contribution in [1.29, 1.82) is 0 Å². The fourth-order valence-corrected chi connectivity index (χ4v) is 1.73. The molecular weight excluding hydrogens is 206 g/mol. The van der Waals surface area contributed by atoms with E-state index in [9.17, 15) is 4.79 Å². The largest absolute Gasteiger partial charge is 0.480 e. The van der Waals surface area contributed by atoms with Crippen molar-refractivity contribution < 1.29 is 9.90 Å². The standard InChI is InChI=1S/C11H13N3O2/c12-8-3-1-2-7-6(5-14-10(7)8)4-9(13)11(15)16/h1-3,5,9,14H,4,12-13H2,(H,15,16)/t9-/m0/s1. The zero-order chi connectivity index (χ0) is 11.7. The Morgan fingerprint density at radius 3 is 2.94 bits per heavy atom. The molecule has 0 spiro atoms. The van der Waals surface area contributed by atoms with Crippen LogP contribution in [0.25, 0.3) is 10.9 Å². The van der Waals surface area contributed by atoms with Crippen molar-refractivity contribution in [2.24, 2.45) is 5.73 Å². The second-order valence-corrected chi connectivity index (χ2v) is 3.73. The molecule has 0 unspecified atom stereocenters. The first-order chi connectivity index (χ1) is 7.59. The van der Waals surface area contributed by atoms with Crippen molar-refractivity contribution >= 4 is 22.6 Å². The number of aliphatic carboxylic acids is 1. The zero-order valence-electron chi connectivity index (χ0n) is 8.60. The summed E-state index contributed by atoms with van der Waals surface area (Å²) in [4.78, 5) is 13.7. The van der Waals surface area contributed by atoms with E-state index in [0.717, 1.165) is 16.5 Å². The van der Waals surface area contributed by atoms with Gasteiger partial charge in [-0.05, 0) is 11.6 Å². The minimum absolute atomic E-state index is 0.290. The Bertz CT molecular complexity index is 533. The Morgan fingerprint density at radius 1 is 1.50 bits per heavy atom. The van der Waals surface area contributed by atoms with E-state index in [0.29, 0.717) is 12.1 Å². The van der Waals surface area contributed by atoms with Crippen molar-refractivity contribution in [3.8, 4) is 0 Å². The molecule has 0 saturated carbocycles. The molecular formula is C11H13N3O2. The van der Waals surface area contributed by atoms with E-state index in [2.05, 4.69) is 4.98 Å². The number of para-hydroxylation sites is 1. The molecule has 5 heteroatoms. The molecule has 0 bridgehead atoms. The van der Waals surface area contributed by atoms with Crippen molar-refractivity contribution in [1.82, 2.24) is 4.98 Å². The molecule has 1 aromatic heterocycles. The van der Waals surface area contributed by atoms with Gasteiger partial charge in [0.25, 0.3) is 0 Å². The van der Waals surface area contributed by atoms with Crippen molar-refractivity contribution in [3.05, 3.63) is 30.0 Å². The van der Waals surface area contributed by atoms with Crippen LogP contribution in [0.4, 0.5) is 5.69 Å². The molecule has 5 nitrogen and oxygen atoms in total. The highest BCUT2D eigenvalue weighted by Crippen LogP contribution is 2.23. The van der Waals surface area contributed by atoms with Gasteiger partial charge in [0.2, 0.25) is 0 Å². The summed E-state index contributed by atoms with van der Waals surface area (Å²) in [6, 6.07) is 4.63. The molecule has 2 rings (SSSR count). The quantitative estimate of drug-likeness (QED) is 0.570. The Hall–Kier alpha value is -2.01. The maximum Gasteiger partial charge on any atom is 0.320 e. The molecule has 2 aromatic rings. The van der Waals surface area contributed by atoms with E-state index in [-0.39, 0.29) is 0 Å². The summed E-state index contributed by atoms with van der Waals surface area (Å²) in [5.74, 6) is -1.00. The molecule has 0 amide bonds. The highest BCUT2D eigenvalue weighted by molar-refractivity contribution is 5.92. The van der Waals surface area contributed by atoms with Crippen LogP contribution < -0.4 is 11.5 Å². The number of aromatic nitrogens is 1. The van der Waals surface area contributed by atoms with E-state index in [1.165, 1.54) is 0 Å². The van der Waals surface area contributed by atoms with E-state index in [1.807, 2.05) is 12.1 Å². The fraction of sp³-hybridized carbons (Fsp3) is 0.182. The van der Waals surface area contributed by atoms with Crippen LogP contribution in [0.15, 0.2) is 24.4 Å². The molecule has 0 aliphatic rings. The van der Waals surface area contributed by atoms with Crippen LogP contribution in [-0.2, 0) is 11.2 Å². The van der Waals surface area contributed by atoms with Gasteiger partial charge in [0, 0.05) is 18.0 Å². The lowest BCUT2D eigenvalue weighted by Crippen LogP contribution is -2.32. The highest BCUT2D eigenvalue weighted by Gasteiger charge is 2.15. The fourth-order valence-electron chi connectivity index (χ4n) is 1.73. The number of benzene rings is 1. The Balaban J connectivity index is 2.39. The number of hydrogen-bond donors (Lipinski definition) is 4. The molecule has 84 valence electrons. The van der Waals surface area contributed by atoms with Gasteiger partial charge in [-0.3, -0.25) is 4.79 Å². The predicted molar refractivity (Wildman–Crippen MR) is 62.0 cm³/mol. The monoisotopic (exact) mass is 219 g/mol. The van der Waals surface area contributed by atoms with E-state index < -0.39 is 12.0 Å². The number of carboxylic acid groups (broad SMARTS) is 1. The van der Waals surface area contributed by atoms with Gasteiger partial charge in [-0.15, -0.1) is 0 Å². The number of nitrogen functional groups attached to an aromatic ring is 1. The zero-order valence-corrected chi connectivity index (χ0v) is 8.60. The number of rotatable bonds is 3. The molecule has 16 heavy (non-hydrogen) atoms. The summed E-state index contributed by atoms with van der Waals surface area (Å²) in [6.07, 6.45) is 2.04. The van der Waals surface area contributed by atoms with Crippen LogP contribution in [0.5, 0.6) is 0 Å². The number of carbonyl (C=O) groups is 1. The van der Waals surface area contributed by atoms with Gasteiger partial charge < -0.3 is 21.6 Å². The van der Waals surface area contributed by atoms with Gasteiger partial charge in [0.15, 0.2) is 0 Å². The van der Waals surface area contributed by atoms with Crippen molar-refractivity contribution in [2.45, 2.75) is 12.5 Å². The first-order valence-corrected chi connectivity index (χ1v) is 4.92. The Labute approximate surface area is 92.1 Å². The van der Waals surface area contributed by atoms with E-state index in [4.69, 9.17) is 16.6 Å². The normalized spacial score (nSPS) is 12.8. The van der Waals surface area contributed by atoms with Crippen LogP contribution in [-0.4, -0.2) is 22.1 Å². The molecule has 0 fully saturated rings. The average molecular weight is 219 g/mol. The third kappa shape index (κ3) is 1.72. The summed E-state index contributed by atoms with van der Waals surface area (Å²) >= 11 is 0. The number of anilines is 1. The first-order valence-electron chi connectivity index (χ1n) is 4.92. The molecule has 6 N–H and O–H groups in total. The number of nitrogens with two attached hydrogens (primary N) is 2. The summed E-state index contributed by atoms with van der Waals surface area (Å²) in [6.45, 7) is 0. The molecule has 0 saturated heterocycles. The van der Waals surface area contributed by atoms with Gasteiger partial charge in [0.1, 0.15) is 6.04 Å². The number of fused-ring (bicyclic) bond motifs is 1. The van der Waals surface area contributed by atoms with Crippen LogP contribution >= 0.6 is 0 Å². The third-order valence-electron chi connectivity index (χ3n) is 2.59. The highest BCUT2D eigenvalue weighted by atomic mass is 16.4. The minimum Gasteiger partial charge on any atom is -0.480 e. The van der Waals surface area contributed by atoms with E-state index >= 15 is 0 Å². The van der Waals surface area contributed by atoms with Gasteiger partial charge in [-0.25, -0.2) is 0 Å². The molecule has 1 atom stereocenters. The lowest BCUT2D eigenvalue weighted by Gasteiger charge is -2.04. The Kier molecular flexibility index (Phi) is 2.54. The molecule has 0 aliphatic heterocycles. The first kappa shape index (κ1) is 10.5. The smallest absolute Gasteiger partial charge is 0.320 e. The lowest BCUT2D eigenvalue weighted by molar-refractivity contribution is -0.138. The van der Waals surface area contributed by atoms with Crippen LogP contribution in [0.3, 0.4) is 0 Å². The summed E-state index contributed by atoms with van der Waals surface area (Å²) in [5.41, 5.74) is 13.6. The predicted octanol–water partition coefficient (Wildman–Crippen LogP) is 0.704. The maximum absolute atomic E-state index is 10.7. The Morgan fingerprint density at radius 2 is 2.25 bits per heavy atom. The van der Waals surface area contributed by atoms with Crippen LogP contribution in [0, 0.1) is 0 Å². The second kappa shape index (κ2) is 3.86. The van der Waals surface area contributed by atoms with Crippen LogP contribution in [0.1, 0.15) is 5.56 Å². The molecule has 0 radical (unpaired) electrons. The molecule has 1 heterocycles. The van der Waals surface area contributed by atoms with Crippen molar-refractivity contribution in [3.63, 3.8) is 0 Å². The summed E-state index contributed by atoms with van der Waals surface area (Å²) < 4.78 is 0. The molecule has 1 aromatic carbocycles. The summed E-state index contributed by atoms with van der Waals surface area (Å²) in [5, 5.41) is 9.68. The number of hydrogen-bond acceptors (Lipinski definition) is 3.